The molecule has 4 nitrogen and oxygen atoms in total. The Balaban J connectivity index is 0.00000162. The zero-order valence-electron chi connectivity index (χ0n) is 10.4. The minimum atomic E-state index is -0.000694. The van der Waals surface area contributed by atoms with Crippen molar-refractivity contribution in [3.05, 3.63) is 23.0 Å². The summed E-state index contributed by atoms with van der Waals surface area (Å²) in [6.07, 6.45) is 3.65. The number of amides is 1. The van der Waals surface area contributed by atoms with E-state index in [0.29, 0.717) is 23.2 Å². The van der Waals surface area contributed by atoms with Crippen LogP contribution < -0.4 is 5.73 Å². The maximum atomic E-state index is 12.3. The molecule has 0 saturated carbocycles. The Hall–Kier alpha value is -0.710. The summed E-state index contributed by atoms with van der Waals surface area (Å²) < 4.78 is 0. The van der Waals surface area contributed by atoms with Crippen molar-refractivity contribution in [2.24, 2.45) is 11.7 Å². The van der Waals surface area contributed by atoms with E-state index >= 15 is 0 Å². The molecule has 0 bridgehead atoms. The number of aromatic nitrogens is 1. The molecule has 1 aromatic heterocycles. The van der Waals surface area contributed by atoms with Crippen molar-refractivity contribution in [1.29, 1.82) is 0 Å². The fourth-order valence-electron chi connectivity index (χ4n) is 2.39. The molecule has 1 amide bonds. The largest absolute Gasteiger partial charge is 0.356 e. The van der Waals surface area contributed by atoms with E-state index < -0.39 is 0 Å². The van der Waals surface area contributed by atoms with Crippen molar-refractivity contribution in [3.8, 4) is 0 Å². The van der Waals surface area contributed by atoms with Crippen LogP contribution in [0.5, 0.6) is 0 Å². The van der Waals surface area contributed by atoms with Crippen LogP contribution in [0, 0.1) is 5.92 Å². The standard InChI is InChI=1S/C12H18ClN3O.ClH/c1-8-2-3-16(10(4-8)6-14)12(17)11-5-9(13)7-15-11;/h5,7-8,10,15H,2-4,6,14H2,1H3;1H. The third kappa shape index (κ3) is 3.19. The molecule has 0 radical (unpaired) electrons. The molecule has 2 heterocycles. The van der Waals surface area contributed by atoms with Gasteiger partial charge in [-0.3, -0.25) is 4.79 Å². The van der Waals surface area contributed by atoms with Gasteiger partial charge in [-0.25, -0.2) is 0 Å². The second-order valence-electron chi connectivity index (χ2n) is 4.75. The lowest BCUT2D eigenvalue weighted by molar-refractivity contribution is 0.0568. The molecule has 6 heteroatoms. The first-order valence-corrected chi connectivity index (χ1v) is 6.34. The number of likely N-dealkylation sites (tertiary alicyclic amines) is 1. The van der Waals surface area contributed by atoms with Gasteiger partial charge < -0.3 is 15.6 Å². The highest BCUT2D eigenvalue weighted by atomic mass is 35.5. The predicted octanol–water partition coefficient (Wildman–Crippen LogP) is 2.29. The second-order valence-corrected chi connectivity index (χ2v) is 5.19. The van der Waals surface area contributed by atoms with Gasteiger partial charge in [0.25, 0.3) is 5.91 Å². The van der Waals surface area contributed by atoms with Crippen LogP contribution in [0.2, 0.25) is 5.02 Å². The van der Waals surface area contributed by atoms with Crippen molar-refractivity contribution in [2.45, 2.75) is 25.8 Å². The van der Waals surface area contributed by atoms with Crippen LogP contribution in [0.3, 0.4) is 0 Å². The van der Waals surface area contributed by atoms with Crippen molar-refractivity contribution >= 4 is 29.9 Å². The lowest BCUT2D eigenvalue weighted by Gasteiger charge is -2.37. The summed E-state index contributed by atoms with van der Waals surface area (Å²) in [7, 11) is 0. The molecule has 1 fully saturated rings. The Labute approximate surface area is 118 Å². The molecule has 1 aromatic rings. The number of rotatable bonds is 2. The molecule has 0 spiro atoms. The van der Waals surface area contributed by atoms with E-state index in [9.17, 15) is 4.79 Å². The highest BCUT2D eigenvalue weighted by molar-refractivity contribution is 6.30. The highest BCUT2D eigenvalue weighted by Crippen LogP contribution is 2.24. The SMILES string of the molecule is CC1CCN(C(=O)c2cc(Cl)c[nH]2)C(CN)C1.Cl. The molecule has 1 aliphatic rings. The maximum absolute atomic E-state index is 12.3. The molecule has 102 valence electrons. The van der Waals surface area contributed by atoms with E-state index in [0.717, 1.165) is 19.4 Å². The Morgan fingerprint density at radius 2 is 2.39 bits per heavy atom. The van der Waals surface area contributed by atoms with E-state index in [2.05, 4.69) is 11.9 Å². The molecule has 0 aromatic carbocycles. The number of piperidine rings is 1. The fraction of sp³-hybridized carbons (Fsp3) is 0.583. The van der Waals surface area contributed by atoms with E-state index in [1.807, 2.05) is 4.90 Å². The van der Waals surface area contributed by atoms with Gasteiger partial charge in [0.05, 0.1) is 5.02 Å². The lowest BCUT2D eigenvalue weighted by atomic mass is 9.92. The van der Waals surface area contributed by atoms with Crippen LogP contribution in [0.1, 0.15) is 30.3 Å². The van der Waals surface area contributed by atoms with Crippen molar-refractivity contribution in [2.75, 3.05) is 13.1 Å². The predicted molar refractivity (Wildman–Crippen MR) is 75.3 cm³/mol. The van der Waals surface area contributed by atoms with Crippen LogP contribution in [0.4, 0.5) is 0 Å². The van der Waals surface area contributed by atoms with Gasteiger partial charge in [-0.15, -0.1) is 12.4 Å². The highest BCUT2D eigenvalue weighted by Gasteiger charge is 2.29. The lowest BCUT2D eigenvalue weighted by Crippen LogP contribution is -2.49. The number of halogens is 2. The minimum absolute atomic E-state index is 0. The van der Waals surface area contributed by atoms with Gasteiger partial charge in [-0.2, -0.15) is 0 Å². The summed E-state index contributed by atoms with van der Waals surface area (Å²) in [5, 5.41) is 0.558. The van der Waals surface area contributed by atoms with E-state index in [1.165, 1.54) is 0 Å². The topological polar surface area (TPSA) is 62.1 Å². The average Bonchev–Trinajstić information content (AvgIpc) is 2.75. The Morgan fingerprint density at radius 3 is 2.94 bits per heavy atom. The third-order valence-electron chi connectivity index (χ3n) is 3.39. The van der Waals surface area contributed by atoms with Crippen molar-refractivity contribution < 1.29 is 4.79 Å². The van der Waals surface area contributed by atoms with Gasteiger partial charge in [-0.05, 0) is 24.8 Å². The number of carbonyl (C=O) groups excluding carboxylic acids is 1. The van der Waals surface area contributed by atoms with Gasteiger partial charge in [-0.1, -0.05) is 18.5 Å². The Morgan fingerprint density at radius 1 is 1.67 bits per heavy atom. The monoisotopic (exact) mass is 291 g/mol. The molecule has 1 saturated heterocycles. The molecule has 18 heavy (non-hydrogen) atoms. The minimum Gasteiger partial charge on any atom is -0.356 e. The average molecular weight is 292 g/mol. The maximum Gasteiger partial charge on any atom is 0.270 e. The molecule has 0 aliphatic carbocycles. The van der Waals surface area contributed by atoms with Gasteiger partial charge >= 0.3 is 0 Å². The molecule has 2 atom stereocenters. The van der Waals surface area contributed by atoms with E-state index in [1.54, 1.807) is 12.3 Å². The van der Waals surface area contributed by atoms with E-state index in [-0.39, 0.29) is 24.4 Å². The normalized spacial score (nSPS) is 23.6. The molecule has 2 unspecified atom stereocenters. The number of aromatic amines is 1. The molecule has 1 aliphatic heterocycles. The summed E-state index contributed by atoms with van der Waals surface area (Å²) in [5.41, 5.74) is 6.29. The van der Waals surface area contributed by atoms with Gasteiger partial charge in [0.1, 0.15) is 5.69 Å². The second kappa shape index (κ2) is 6.45. The van der Waals surface area contributed by atoms with Crippen molar-refractivity contribution in [1.82, 2.24) is 9.88 Å². The smallest absolute Gasteiger partial charge is 0.270 e. The summed E-state index contributed by atoms with van der Waals surface area (Å²) >= 11 is 5.81. The summed E-state index contributed by atoms with van der Waals surface area (Å²) in [5.74, 6) is 0.638. The van der Waals surface area contributed by atoms with Crippen LogP contribution in [-0.2, 0) is 0 Å². The van der Waals surface area contributed by atoms with E-state index in [4.69, 9.17) is 17.3 Å². The summed E-state index contributed by atoms with van der Waals surface area (Å²) in [6, 6.07) is 1.81. The summed E-state index contributed by atoms with van der Waals surface area (Å²) in [6.45, 7) is 3.50. The quantitative estimate of drug-likeness (QED) is 0.878. The third-order valence-corrected chi connectivity index (χ3v) is 3.61. The summed E-state index contributed by atoms with van der Waals surface area (Å²) in [4.78, 5) is 17.0. The first-order chi connectivity index (χ1) is 8.11. The zero-order valence-corrected chi connectivity index (χ0v) is 11.9. The van der Waals surface area contributed by atoms with Crippen LogP contribution in [0.25, 0.3) is 0 Å². The Kier molecular flexibility index (Phi) is 5.50. The number of nitrogens with one attached hydrogen (secondary N) is 1. The fourth-order valence-corrected chi connectivity index (χ4v) is 2.55. The van der Waals surface area contributed by atoms with Gasteiger partial charge in [0.2, 0.25) is 0 Å². The molecular formula is C12H19Cl2N3O. The molecule has 2 rings (SSSR count). The number of hydrogen-bond donors (Lipinski definition) is 2. The van der Waals surface area contributed by atoms with Gasteiger partial charge in [0.15, 0.2) is 0 Å². The number of nitrogens with zero attached hydrogens (tertiary/aromatic N) is 1. The van der Waals surface area contributed by atoms with Gasteiger partial charge in [0, 0.05) is 25.3 Å². The number of H-pyrrole nitrogens is 1. The number of carbonyl (C=O) groups is 1. The Bertz CT molecular complexity index is 408. The van der Waals surface area contributed by atoms with Crippen LogP contribution >= 0.6 is 24.0 Å². The van der Waals surface area contributed by atoms with Crippen LogP contribution in [-0.4, -0.2) is 34.9 Å². The first kappa shape index (κ1) is 15.3. The number of hydrogen-bond acceptors (Lipinski definition) is 2. The van der Waals surface area contributed by atoms with Crippen molar-refractivity contribution in [3.63, 3.8) is 0 Å². The molecular weight excluding hydrogens is 273 g/mol. The molecule has 3 N–H and O–H groups in total. The first-order valence-electron chi connectivity index (χ1n) is 5.96. The number of nitrogens with two attached hydrogens (primary N) is 1. The zero-order chi connectivity index (χ0) is 12.4. The van der Waals surface area contributed by atoms with Crippen LogP contribution in [0.15, 0.2) is 12.3 Å².